The molecule has 0 bridgehead atoms. The van der Waals surface area contributed by atoms with Crippen LogP contribution in [-0.4, -0.2) is 12.6 Å². The zero-order valence-corrected chi connectivity index (χ0v) is 10.5. The van der Waals surface area contributed by atoms with Gasteiger partial charge in [-0.05, 0) is 31.5 Å². The average Bonchev–Trinajstić information content (AvgIpc) is 2.26. The third-order valence-electron chi connectivity index (χ3n) is 2.13. The van der Waals surface area contributed by atoms with Crippen LogP contribution in [0.5, 0.6) is 5.75 Å². The van der Waals surface area contributed by atoms with Crippen LogP contribution in [0.4, 0.5) is 13.2 Å². The molecular weight excluding hydrogens is 253 g/mol. The van der Waals surface area contributed by atoms with E-state index in [1.807, 2.05) is 0 Å². The zero-order chi connectivity index (χ0) is 13.1. The van der Waals surface area contributed by atoms with E-state index in [1.54, 1.807) is 38.1 Å². The predicted molar refractivity (Wildman–Crippen MR) is 60.8 cm³/mol. The van der Waals surface area contributed by atoms with Gasteiger partial charge in [-0.1, -0.05) is 12.1 Å². The van der Waals surface area contributed by atoms with Gasteiger partial charge in [0.15, 0.2) is 0 Å². The maximum absolute atomic E-state index is 12.0. The van der Waals surface area contributed by atoms with Crippen LogP contribution in [0.25, 0.3) is 0 Å². The smallest absolute Gasteiger partial charge is 0.468 e. The van der Waals surface area contributed by atoms with E-state index in [0.29, 0.717) is 11.3 Å². The number of halogens is 3. The molecule has 0 saturated carbocycles. The minimum absolute atomic E-state index is 0.486. The molecule has 2 nitrogen and oxygen atoms in total. The van der Waals surface area contributed by atoms with Gasteiger partial charge in [0.25, 0.3) is 0 Å². The molecule has 96 valence electrons. The normalized spacial score (nSPS) is 12.6. The Morgan fingerprint density at radius 3 is 2.00 bits per heavy atom. The van der Waals surface area contributed by atoms with E-state index in [0.717, 1.165) is 0 Å². The van der Waals surface area contributed by atoms with E-state index in [4.69, 9.17) is 8.92 Å². The first kappa shape index (κ1) is 14.2. The summed E-state index contributed by atoms with van der Waals surface area (Å²) in [5, 5.41) is 0. The van der Waals surface area contributed by atoms with Crippen molar-refractivity contribution in [1.29, 1.82) is 0 Å². The van der Waals surface area contributed by atoms with Crippen LogP contribution in [-0.2, 0) is 9.78 Å². The molecule has 0 aliphatic rings. The summed E-state index contributed by atoms with van der Waals surface area (Å²) in [5.74, 6) is 0.646. The molecule has 6 heteroatoms. The number of benzene rings is 1. The van der Waals surface area contributed by atoms with E-state index >= 15 is 0 Å². The van der Waals surface area contributed by atoms with Gasteiger partial charge in [-0.15, -0.1) is 0 Å². The molecule has 0 unspecified atom stereocenters. The Balaban J connectivity index is 2.74. The Bertz CT molecular complexity index is 360. The summed E-state index contributed by atoms with van der Waals surface area (Å²) in [6.07, 6.45) is 0. The van der Waals surface area contributed by atoms with Gasteiger partial charge >= 0.3 is 5.51 Å². The Labute approximate surface area is 102 Å². The minimum atomic E-state index is -4.40. The van der Waals surface area contributed by atoms with Gasteiger partial charge < -0.3 is 4.74 Å². The number of rotatable bonds is 4. The van der Waals surface area contributed by atoms with E-state index in [2.05, 4.69) is 0 Å². The lowest BCUT2D eigenvalue weighted by atomic mass is 9.99. The van der Waals surface area contributed by atoms with Gasteiger partial charge in [0, 0.05) is 0 Å². The molecule has 1 aromatic carbocycles. The summed E-state index contributed by atoms with van der Waals surface area (Å²) in [7, 11) is 1.52. The summed E-state index contributed by atoms with van der Waals surface area (Å²) in [5.41, 5.74) is -4.77. The monoisotopic (exact) mass is 266 g/mol. The molecule has 17 heavy (non-hydrogen) atoms. The number of methoxy groups -OCH3 is 1. The maximum Gasteiger partial charge on any atom is 0.468 e. The molecule has 1 aromatic rings. The highest BCUT2D eigenvalue weighted by Crippen LogP contribution is 2.38. The van der Waals surface area contributed by atoms with Crippen molar-refractivity contribution in [3.8, 4) is 5.75 Å². The molecule has 0 aromatic heterocycles. The van der Waals surface area contributed by atoms with E-state index in [9.17, 15) is 13.2 Å². The molecule has 0 saturated heterocycles. The number of alkyl halides is 3. The predicted octanol–water partition coefficient (Wildman–Crippen LogP) is 4.11. The van der Waals surface area contributed by atoms with Crippen molar-refractivity contribution >= 4 is 12.0 Å². The van der Waals surface area contributed by atoms with E-state index < -0.39 is 23.2 Å². The summed E-state index contributed by atoms with van der Waals surface area (Å²) >= 11 is -0.486. The SMILES string of the molecule is COc1ccc(C(C)(C)OSC(F)(F)F)cc1. The van der Waals surface area contributed by atoms with Crippen LogP contribution in [0.1, 0.15) is 19.4 Å². The second-order valence-corrected chi connectivity index (χ2v) is 4.65. The van der Waals surface area contributed by atoms with Crippen LogP contribution < -0.4 is 4.74 Å². The summed E-state index contributed by atoms with van der Waals surface area (Å²) < 4.78 is 45.9. The molecule has 0 aliphatic heterocycles. The topological polar surface area (TPSA) is 18.5 Å². The van der Waals surface area contributed by atoms with Crippen LogP contribution in [0.3, 0.4) is 0 Å². The van der Waals surface area contributed by atoms with Crippen molar-refractivity contribution in [3.05, 3.63) is 29.8 Å². The van der Waals surface area contributed by atoms with Gasteiger partial charge in [-0.3, -0.25) is 4.18 Å². The Kier molecular flexibility index (Phi) is 4.32. The summed E-state index contributed by atoms with van der Waals surface area (Å²) in [6, 6.07) is 6.71. The van der Waals surface area contributed by atoms with Gasteiger partial charge in [-0.25, -0.2) is 0 Å². The molecule has 0 N–H and O–H groups in total. The quantitative estimate of drug-likeness (QED) is 0.764. The second-order valence-electron chi connectivity index (χ2n) is 3.85. The highest BCUT2D eigenvalue weighted by molar-refractivity contribution is 7.95. The lowest BCUT2D eigenvalue weighted by molar-refractivity contribution is -0.0458. The molecule has 0 heterocycles. The largest absolute Gasteiger partial charge is 0.497 e. The second kappa shape index (κ2) is 5.18. The molecule has 0 spiro atoms. The molecule has 0 aliphatic carbocycles. The van der Waals surface area contributed by atoms with Gasteiger partial charge in [0.05, 0.1) is 7.11 Å². The first-order chi connectivity index (χ1) is 7.74. The zero-order valence-electron chi connectivity index (χ0n) is 9.67. The van der Waals surface area contributed by atoms with Gasteiger partial charge in [0.1, 0.15) is 23.4 Å². The van der Waals surface area contributed by atoms with Crippen molar-refractivity contribution in [1.82, 2.24) is 0 Å². The van der Waals surface area contributed by atoms with Crippen molar-refractivity contribution in [2.75, 3.05) is 7.11 Å². The fourth-order valence-corrected chi connectivity index (χ4v) is 1.59. The summed E-state index contributed by atoms with van der Waals surface area (Å²) in [6.45, 7) is 3.15. The third kappa shape index (κ3) is 4.47. The Morgan fingerprint density at radius 2 is 1.59 bits per heavy atom. The fraction of sp³-hybridized carbons (Fsp3) is 0.455. The summed E-state index contributed by atoms with van der Waals surface area (Å²) in [4.78, 5) is 0. The Morgan fingerprint density at radius 1 is 1.06 bits per heavy atom. The van der Waals surface area contributed by atoms with Crippen LogP contribution in [0.15, 0.2) is 24.3 Å². The van der Waals surface area contributed by atoms with Crippen molar-refractivity contribution in [2.45, 2.75) is 25.0 Å². The van der Waals surface area contributed by atoms with E-state index in [1.165, 1.54) is 7.11 Å². The number of hydrogen-bond acceptors (Lipinski definition) is 3. The van der Waals surface area contributed by atoms with Crippen LogP contribution in [0.2, 0.25) is 0 Å². The average molecular weight is 266 g/mol. The van der Waals surface area contributed by atoms with Crippen molar-refractivity contribution < 1.29 is 22.1 Å². The van der Waals surface area contributed by atoms with Crippen molar-refractivity contribution in [2.24, 2.45) is 0 Å². The highest BCUT2D eigenvalue weighted by Gasteiger charge is 2.34. The molecule has 0 fully saturated rings. The first-order valence-corrected chi connectivity index (χ1v) is 5.57. The number of ether oxygens (including phenoxy) is 1. The van der Waals surface area contributed by atoms with E-state index in [-0.39, 0.29) is 0 Å². The molecule has 0 amide bonds. The standard InChI is InChI=1S/C11H13F3O2S/c1-10(2,16-17-11(12,13)14)8-4-6-9(15-3)7-5-8/h4-7H,1-3H3. The van der Waals surface area contributed by atoms with Crippen LogP contribution >= 0.6 is 12.0 Å². The van der Waals surface area contributed by atoms with Gasteiger partial charge in [0.2, 0.25) is 0 Å². The van der Waals surface area contributed by atoms with Crippen LogP contribution in [0, 0.1) is 0 Å². The third-order valence-corrected chi connectivity index (χ3v) is 2.82. The lowest BCUT2D eigenvalue weighted by Crippen LogP contribution is -2.20. The molecule has 0 radical (unpaired) electrons. The maximum atomic E-state index is 12.0. The molecular formula is C11H13F3O2S. The minimum Gasteiger partial charge on any atom is -0.497 e. The highest BCUT2D eigenvalue weighted by atomic mass is 32.2. The number of hydrogen-bond donors (Lipinski definition) is 0. The first-order valence-electron chi connectivity index (χ1n) is 4.83. The fourth-order valence-electron chi connectivity index (χ4n) is 1.19. The molecule has 0 atom stereocenters. The van der Waals surface area contributed by atoms with Crippen molar-refractivity contribution in [3.63, 3.8) is 0 Å². The molecule has 1 rings (SSSR count). The lowest BCUT2D eigenvalue weighted by Gasteiger charge is -2.25. The van der Waals surface area contributed by atoms with Gasteiger partial charge in [-0.2, -0.15) is 13.2 Å². The Hall–Kier alpha value is -0.880.